The van der Waals surface area contributed by atoms with Crippen LogP contribution in [0.2, 0.25) is 18.1 Å². The molecule has 1 aliphatic heterocycles. The van der Waals surface area contributed by atoms with Crippen molar-refractivity contribution in [2.45, 2.75) is 136 Å². The first-order chi connectivity index (χ1) is 31.9. The minimum absolute atomic E-state index is 0.00440. The molecule has 364 valence electrons. The van der Waals surface area contributed by atoms with Crippen molar-refractivity contribution in [3.05, 3.63) is 106 Å². The fraction of sp³-hybridized carbons (Fsp3) is 0.528. The highest BCUT2D eigenvalue weighted by molar-refractivity contribution is 6.74. The van der Waals surface area contributed by atoms with Gasteiger partial charge in [0.1, 0.15) is 30.2 Å². The van der Waals surface area contributed by atoms with E-state index in [4.69, 9.17) is 23.2 Å². The molecule has 1 aromatic heterocycles. The second kappa shape index (κ2) is 18.3. The molecule has 3 aromatic carbocycles. The highest BCUT2D eigenvalue weighted by atomic mass is 28.4. The van der Waals surface area contributed by atoms with E-state index in [1.807, 2.05) is 114 Å². The first-order valence-electron chi connectivity index (χ1n) is 23.9. The van der Waals surface area contributed by atoms with Crippen molar-refractivity contribution in [2.75, 3.05) is 25.5 Å². The van der Waals surface area contributed by atoms with Crippen molar-refractivity contribution in [2.24, 2.45) is 23.7 Å². The van der Waals surface area contributed by atoms with Gasteiger partial charge in [-0.2, -0.15) is 0 Å². The van der Waals surface area contributed by atoms with Crippen LogP contribution >= 0.6 is 0 Å². The molecule has 0 radical (unpaired) electrons. The van der Waals surface area contributed by atoms with Crippen LogP contribution in [0.4, 0.5) is 14.9 Å². The summed E-state index contributed by atoms with van der Waals surface area (Å²) in [6.07, 6.45) is 0.0597. The lowest BCUT2D eigenvalue weighted by Crippen LogP contribution is -2.70. The van der Waals surface area contributed by atoms with Crippen LogP contribution in [0.5, 0.6) is 11.6 Å². The Balaban J connectivity index is 1.33. The lowest BCUT2D eigenvalue weighted by molar-refractivity contribution is -0.151. The van der Waals surface area contributed by atoms with E-state index in [2.05, 4.69) is 24.3 Å². The number of amides is 1. The highest BCUT2D eigenvalue weighted by Gasteiger charge is 2.70. The lowest BCUT2D eigenvalue weighted by atomic mass is 9.54. The standard InChI is InChI=1S/C53H67FN4O9Si/c1-30(2)23-34-27-58(50(62)65-51(3,4)5)42-36(26-55-34)41(54)35-24-33-25-37-43(57(9)10)46-40(49(56-66-46)64-29-32-21-17-14-18-22-32)48(61)53(37,67-68(11,12)52(6,7)8)47(60)38(33)44(59)39(35)45(42)63-28-31-19-15-13-16-20-31/h13-22,30,33-34,37-38,43,55H,23-29H2,1-12H3/t33-,34+,37-,38?,43-,53-/m0/s1. The van der Waals surface area contributed by atoms with Gasteiger partial charge in [-0.3, -0.25) is 24.2 Å². The molecule has 1 saturated carbocycles. The van der Waals surface area contributed by atoms with E-state index in [0.29, 0.717) is 6.42 Å². The third-order valence-electron chi connectivity index (χ3n) is 14.5. The van der Waals surface area contributed by atoms with E-state index in [-0.39, 0.29) is 96.4 Å². The summed E-state index contributed by atoms with van der Waals surface area (Å²) < 4.78 is 50.3. The van der Waals surface area contributed by atoms with Crippen molar-refractivity contribution in [3.8, 4) is 11.6 Å². The van der Waals surface area contributed by atoms with Gasteiger partial charge in [-0.25, -0.2) is 9.18 Å². The maximum absolute atomic E-state index is 17.9. The normalized spacial score (nSPS) is 23.9. The maximum Gasteiger partial charge on any atom is 0.414 e. The topological polar surface area (TPSA) is 150 Å². The minimum Gasteiger partial charge on any atom is -0.486 e. The predicted molar refractivity (Wildman–Crippen MR) is 258 cm³/mol. The molecular weight excluding hydrogens is 884 g/mol. The number of ether oxygens (including phenoxy) is 3. The summed E-state index contributed by atoms with van der Waals surface area (Å²) in [5, 5.41) is 7.32. The fourth-order valence-corrected chi connectivity index (χ4v) is 11.9. The van der Waals surface area contributed by atoms with Crippen molar-refractivity contribution in [3.63, 3.8) is 0 Å². The first-order valence-corrected chi connectivity index (χ1v) is 26.8. The molecule has 1 unspecified atom stereocenters. The molecular formula is C53H67FN4O9Si. The van der Waals surface area contributed by atoms with Crippen molar-refractivity contribution in [1.29, 1.82) is 0 Å². The average Bonchev–Trinajstić information content (AvgIpc) is 3.58. The molecule has 0 spiro atoms. The number of nitrogens with zero attached hydrogens (tertiary/aromatic N) is 3. The number of benzene rings is 3. The van der Waals surface area contributed by atoms with Crippen LogP contribution in [-0.2, 0) is 40.1 Å². The van der Waals surface area contributed by atoms with Crippen LogP contribution in [0.15, 0.2) is 65.2 Å². The van der Waals surface area contributed by atoms with Crippen LogP contribution in [0.25, 0.3) is 0 Å². The summed E-state index contributed by atoms with van der Waals surface area (Å²) >= 11 is 0. The van der Waals surface area contributed by atoms with Gasteiger partial charge in [-0.05, 0) is 100 Å². The number of anilines is 1. The zero-order valence-corrected chi connectivity index (χ0v) is 42.6. The molecule has 1 fully saturated rings. The number of halogens is 1. The number of carbonyl (C=O) groups excluding carboxylic acids is 4. The summed E-state index contributed by atoms with van der Waals surface area (Å²) in [6.45, 7) is 19.7. The first kappa shape index (κ1) is 49.2. The number of nitrogens with one attached hydrogen (secondary N) is 1. The smallest absolute Gasteiger partial charge is 0.414 e. The molecule has 2 heterocycles. The predicted octanol–water partition coefficient (Wildman–Crippen LogP) is 10.1. The van der Waals surface area contributed by atoms with Gasteiger partial charge >= 0.3 is 6.09 Å². The third kappa shape index (κ3) is 8.84. The van der Waals surface area contributed by atoms with Crippen LogP contribution in [0.1, 0.15) is 123 Å². The van der Waals surface area contributed by atoms with E-state index in [9.17, 15) is 4.79 Å². The Kier molecular flexibility index (Phi) is 13.2. The molecule has 1 amide bonds. The molecule has 0 saturated heterocycles. The monoisotopic (exact) mass is 950 g/mol. The van der Waals surface area contributed by atoms with E-state index >= 15 is 18.8 Å². The Bertz CT molecular complexity index is 2580. The number of Topliss-reactive ketones (excluding diaryl/α,β-unsaturated/α-hetero) is 3. The van der Waals surface area contributed by atoms with Crippen molar-refractivity contribution in [1.82, 2.24) is 15.4 Å². The van der Waals surface area contributed by atoms with Crippen molar-refractivity contribution >= 4 is 37.4 Å². The van der Waals surface area contributed by atoms with Gasteiger partial charge in [0.25, 0.3) is 5.88 Å². The zero-order chi connectivity index (χ0) is 49.2. The Morgan fingerprint density at radius 1 is 0.941 bits per heavy atom. The van der Waals surface area contributed by atoms with Gasteiger partial charge in [0.2, 0.25) is 5.78 Å². The number of hydrogen-bond acceptors (Lipinski definition) is 12. The summed E-state index contributed by atoms with van der Waals surface area (Å²) in [5.41, 5.74) is -1.25. The van der Waals surface area contributed by atoms with E-state index < -0.39 is 77.6 Å². The molecule has 4 aliphatic rings. The molecule has 15 heteroatoms. The van der Waals surface area contributed by atoms with Gasteiger partial charge in [-0.15, -0.1) is 0 Å². The Labute approximate surface area is 400 Å². The van der Waals surface area contributed by atoms with Crippen LogP contribution in [-0.4, -0.2) is 79.7 Å². The average molecular weight is 951 g/mol. The quantitative estimate of drug-likeness (QED) is 0.113. The van der Waals surface area contributed by atoms with Gasteiger partial charge in [0.05, 0.1) is 23.2 Å². The molecule has 3 aliphatic carbocycles. The number of aromatic nitrogens is 1. The second-order valence-electron chi connectivity index (χ2n) is 22.2. The summed E-state index contributed by atoms with van der Waals surface area (Å²) in [7, 11) is 0.616. The minimum atomic E-state index is -3.07. The Morgan fingerprint density at radius 3 is 2.13 bits per heavy atom. The number of hydrogen-bond donors (Lipinski definition) is 1. The van der Waals surface area contributed by atoms with E-state index in [1.165, 1.54) is 4.90 Å². The molecule has 6 atom stereocenters. The molecule has 0 bridgehead atoms. The molecule has 13 nitrogen and oxygen atoms in total. The number of rotatable bonds is 11. The fourth-order valence-electron chi connectivity index (χ4n) is 10.4. The van der Waals surface area contributed by atoms with Crippen LogP contribution in [0, 0.1) is 29.5 Å². The lowest BCUT2D eigenvalue weighted by Gasteiger charge is -2.56. The van der Waals surface area contributed by atoms with E-state index in [1.54, 1.807) is 20.8 Å². The van der Waals surface area contributed by atoms with Crippen molar-refractivity contribution < 1.29 is 46.7 Å². The summed E-state index contributed by atoms with van der Waals surface area (Å²) in [5.74, 6) is -5.32. The maximum atomic E-state index is 17.9. The number of carbonyl (C=O) groups is 4. The van der Waals surface area contributed by atoms with E-state index in [0.717, 1.165) is 11.1 Å². The SMILES string of the molecule is CC(C)C[C@@H]1CN(C(=O)OC(C)(C)C)c2c(c(F)c3c(c2OCc2ccccc2)C(=O)C2C(=O)[C@]4(O[Si](C)(C)C(C)(C)C)C(=O)c5c(OCc6ccccc6)noc5[C@@H](N(C)C)[C@@H]4C[C@@H]2C3)CN1. The van der Waals surface area contributed by atoms with Crippen LogP contribution < -0.4 is 19.7 Å². The summed E-state index contributed by atoms with van der Waals surface area (Å²) in [6, 6.07) is 17.8. The molecule has 4 aromatic rings. The number of fused-ring (bicyclic) bond motifs is 5. The second-order valence-corrected chi connectivity index (χ2v) is 27.0. The van der Waals surface area contributed by atoms with Gasteiger partial charge in [0.15, 0.2) is 37.0 Å². The van der Waals surface area contributed by atoms with Crippen LogP contribution in [0.3, 0.4) is 0 Å². The highest BCUT2D eigenvalue weighted by Crippen LogP contribution is 2.59. The number of ketones is 3. The van der Waals surface area contributed by atoms with Gasteiger partial charge in [0, 0.05) is 36.2 Å². The van der Waals surface area contributed by atoms with Gasteiger partial charge < -0.3 is 28.5 Å². The Morgan fingerprint density at radius 2 is 1.56 bits per heavy atom. The molecule has 8 rings (SSSR count). The molecule has 1 N–H and O–H groups in total. The third-order valence-corrected chi connectivity index (χ3v) is 18.9. The van der Waals surface area contributed by atoms with Gasteiger partial charge in [-0.1, -0.05) is 95.3 Å². The zero-order valence-electron chi connectivity index (χ0n) is 41.6. The Hall–Kier alpha value is -5.22. The molecule has 68 heavy (non-hydrogen) atoms. The largest absolute Gasteiger partial charge is 0.486 e. The summed E-state index contributed by atoms with van der Waals surface area (Å²) in [4.78, 5) is 65.8.